The molecule has 2 aliphatic carbocycles. The van der Waals surface area contributed by atoms with Gasteiger partial charge in [-0.3, -0.25) is 0 Å². The molecule has 1 saturated carbocycles. The number of halogens is 1. The van der Waals surface area contributed by atoms with Gasteiger partial charge in [0.1, 0.15) is 4.90 Å². The van der Waals surface area contributed by atoms with Gasteiger partial charge in [-0.2, -0.15) is 0 Å². The number of phenolic OH excluding ortho intramolecular Hbond substituents is 1. The molecule has 0 bridgehead atoms. The minimum atomic E-state index is -3.82. The van der Waals surface area contributed by atoms with E-state index >= 15 is 0 Å². The van der Waals surface area contributed by atoms with Gasteiger partial charge in [-0.25, -0.2) is 13.2 Å². The van der Waals surface area contributed by atoms with Crippen molar-refractivity contribution in [2.75, 3.05) is 19.0 Å². The SMILES string of the molecule is COC[C@H]1C[C@H](S(=O)(=O)c2c(Cl)ccc(NC(=O)NC3CCC=C3C)c2O)C1. The van der Waals surface area contributed by atoms with E-state index in [4.69, 9.17) is 16.3 Å². The first-order chi connectivity index (χ1) is 13.2. The van der Waals surface area contributed by atoms with Crippen molar-refractivity contribution in [3.05, 3.63) is 28.8 Å². The highest BCUT2D eigenvalue weighted by Crippen LogP contribution is 2.44. The second-order valence-corrected chi connectivity index (χ2v) is 9.98. The number of nitrogens with one attached hydrogen (secondary N) is 2. The van der Waals surface area contributed by atoms with Crippen LogP contribution in [-0.4, -0.2) is 44.6 Å². The molecule has 1 unspecified atom stereocenters. The Labute approximate surface area is 170 Å². The molecule has 2 amide bonds. The van der Waals surface area contributed by atoms with E-state index < -0.39 is 26.9 Å². The number of sulfone groups is 1. The third kappa shape index (κ3) is 4.14. The topological polar surface area (TPSA) is 105 Å². The van der Waals surface area contributed by atoms with Crippen molar-refractivity contribution >= 4 is 33.2 Å². The maximum absolute atomic E-state index is 12.9. The van der Waals surface area contributed by atoms with Gasteiger partial charge in [-0.15, -0.1) is 0 Å². The average molecular weight is 429 g/mol. The van der Waals surface area contributed by atoms with Crippen molar-refractivity contribution < 1.29 is 23.1 Å². The lowest BCUT2D eigenvalue weighted by molar-refractivity contribution is 0.113. The van der Waals surface area contributed by atoms with Crippen molar-refractivity contribution in [2.45, 2.75) is 48.8 Å². The molecule has 1 atom stereocenters. The molecule has 3 rings (SSSR count). The fourth-order valence-electron chi connectivity index (χ4n) is 3.73. The van der Waals surface area contributed by atoms with E-state index in [1.54, 1.807) is 7.11 Å². The Kier molecular flexibility index (Phi) is 6.21. The van der Waals surface area contributed by atoms with Gasteiger partial charge in [0.15, 0.2) is 15.6 Å². The molecular formula is C19H25ClN2O5S. The normalized spacial score (nSPS) is 24.4. The summed E-state index contributed by atoms with van der Waals surface area (Å²) < 4.78 is 30.9. The van der Waals surface area contributed by atoms with Gasteiger partial charge in [0.2, 0.25) is 0 Å². The summed E-state index contributed by atoms with van der Waals surface area (Å²) >= 11 is 6.10. The van der Waals surface area contributed by atoms with Crippen molar-refractivity contribution in [1.29, 1.82) is 0 Å². The Bertz CT molecular complexity index is 894. The fourth-order valence-corrected chi connectivity index (χ4v) is 6.31. The first-order valence-electron chi connectivity index (χ1n) is 9.22. The number of rotatable bonds is 6. The van der Waals surface area contributed by atoms with E-state index in [0.29, 0.717) is 19.4 Å². The summed E-state index contributed by atoms with van der Waals surface area (Å²) in [6.45, 7) is 2.44. The van der Waals surface area contributed by atoms with Crippen LogP contribution in [-0.2, 0) is 14.6 Å². The molecule has 3 N–H and O–H groups in total. The number of hydrogen-bond acceptors (Lipinski definition) is 5. The number of methoxy groups -OCH3 is 1. The second kappa shape index (κ2) is 8.31. The largest absolute Gasteiger partial charge is 0.504 e. The van der Waals surface area contributed by atoms with Gasteiger partial charge in [0.25, 0.3) is 0 Å². The summed E-state index contributed by atoms with van der Waals surface area (Å²) in [5.41, 5.74) is 1.09. The number of aromatic hydroxyl groups is 1. The number of hydrogen-bond donors (Lipinski definition) is 3. The third-order valence-corrected chi connectivity index (χ3v) is 8.10. The minimum absolute atomic E-state index is 0.00729. The van der Waals surface area contributed by atoms with Crippen LogP contribution in [0.2, 0.25) is 5.02 Å². The Balaban J connectivity index is 1.76. The fraction of sp³-hybridized carbons (Fsp3) is 0.526. The first-order valence-corrected chi connectivity index (χ1v) is 11.1. The zero-order valence-corrected chi connectivity index (χ0v) is 17.4. The number of amides is 2. The van der Waals surface area contributed by atoms with Gasteiger partial charge < -0.3 is 20.5 Å². The molecule has 0 heterocycles. The molecule has 2 aliphatic rings. The van der Waals surface area contributed by atoms with Gasteiger partial charge in [0, 0.05) is 13.7 Å². The molecule has 1 aromatic rings. The Morgan fingerprint density at radius 3 is 2.68 bits per heavy atom. The molecule has 0 radical (unpaired) electrons. The van der Waals surface area contributed by atoms with E-state index in [-0.39, 0.29) is 27.6 Å². The zero-order valence-electron chi connectivity index (χ0n) is 15.9. The lowest BCUT2D eigenvalue weighted by Gasteiger charge is -2.34. The molecule has 1 fully saturated rings. The van der Waals surface area contributed by atoms with E-state index in [9.17, 15) is 18.3 Å². The predicted molar refractivity (Wildman–Crippen MR) is 108 cm³/mol. The van der Waals surface area contributed by atoms with E-state index in [1.165, 1.54) is 12.1 Å². The smallest absolute Gasteiger partial charge is 0.319 e. The van der Waals surface area contributed by atoms with Crippen LogP contribution >= 0.6 is 11.6 Å². The molecule has 0 spiro atoms. The summed E-state index contributed by atoms with van der Waals surface area (Å²) in [5.74, 6) is -0.350. The van der Waals surface area contributed by atoms with Crippen LogP contribution in [0.15, 0.2) is 28.7 Å². The van der Waals surface area contributed by atoms with Gasteiger partial charge in [-0.1, -0.05) is 23.3 Å². The average Bonchev–Trinajstić information content (AvgIpc) is 2.97. The highest BCUT2D eigenvalue weighted by atomic mass is 35.5. The summed E-state index contributed by atoms with van der Waals surface area (Å²) in [7, 11) is -2.25. The van der Waals surface area contributed by atoms with Crippen molar-refractivity contribution in [3.63, 3.8) is 0 Å². The van der Waals surface area contributed by atoms with E-state index in [1.807, 2.05) is 6.92 Å². The van der Waals surface area contributed by atoms with Crippen LogP contribution in [0, 0.1) is 5.92 Å². The highest BCUT2D eigenvalue weighted by molar-refractivity contribution is 7.92. The Morgan fingerprint density at radius 1 is 1.36 bits per heavy atom. The number of carbonyl (C=O) groups is 1. The highest BCUT2D eigenvalue weighted by Gasteiger charge is 2.42. The number of phenols is 1. The van der Waals surface area contributed by atoms with Gasteiger partial charge >= 0.3 is 6.03 Å². The number of allylic oxidation sites excluding steroid dienone is 1. The maximum Gasteiger partial charge on any atom is 0.319 e. The molecule has 0 aromatic heterocycles. The van der Waals surface area contributed by atoms with Crippen molar-refractivity contribution in [1.82, 2.24) is 5.32 Å². The number of ether oxygens (including phenoxy) is 1. The summed E-state index contributed by atoms with van der Waals surface area (Å²) in [5, 5.41) is 15.2. The molecule has 0 saturated heterocycles. The second-order valence-electron chi connectivity index (χ2n) is 7.41. The van der Waals surface area contributed by atoms with Crippen LogP contribution in [0.4, 0.5) is 10.5 Å². The van der Waals surface area contributed by atoms with Gasteiger partial charge in [-0.05, 0) is 50.7 Å². The Hall–Kier alpha value is -1.77. The van der Waals surface area contributed by atoms with E-state index in [2.05, 4.69) is 16.7 Å². The lowest BCUT2D eigenvalue weighted by Crippen LogP contribution is -2.38. The number of anilines is 1. The molecule has 1 aromatic carbocycles. The zero-order chi connectivity index (χ0) is 20.5. The Morgan fingerprint density at radius 2 is 2.07 bits per heavy atom. The van der Waals surface area contributed by atoms with Crippen molar-refractivity contribution in [3.8, 4) is 5.75 Å². The predicted octanol–water partition coefficient (Wildman–Crippen LogP) is 3.47. The van der Waals surface area contributed by atoms with Crippen LogP contribution in [0.1, 0.15) is 32.6 Å². The maximum atomic E-state index is 12.9. The number of benzene rings is 1. The van der Waals surface area contributed by atoms with Crippen LogP contribution in [0.3, 0.4) is 0 Å². The van der Waals surface area contributed by atoms with Crippen LogP contribution in [0.5, 0.6) is 5.75 Å². The number of carbonyl (C=O) groups excluding carboxylic acids is 1. The van der Waals surface area contributed by atoms with Gasteiger partial charge in [0.05, 0.1) is 22.0 Å². The third-order valence-electron chi connectivity index (χ3n) is 5.43. The summed E-state index contributed by atoms with van der Waals surface area (Å²) in [6, 6.07) is 2.19. The quantitative estimate of drug-likeness (QED) is 0.475. The van der Waals surface area contributed by atoms with Crippen LogP contribution < -0.4 is 10.6 Å². The minimum Gasteiger partial charge on any atom is -0.504 e. The van der Waals surface area contributed by atoms with E-state index in [0.717, 1.165) is 18.4 Å². The molecule has 0 aliphatic heterocycles. The standard InChI is InChI=1S/C19H25ClN2O5S/c1-11-4-3-5-15(11)21-19(24)22-16-7-6-14(20)18(17(16)23)28(25,26)13-8-12(9-13)10-27-2/h4,6-7,12-13,15,23H,3,5,8-10H2,1-2H3,(H2,21,22,24)/t12-,13-,15?. The summed E-state index contributed by atoms with van der Waals surface area (Å²) in [6.07, 6.45) is 4.69. The van der Waals surface area contributed by atoms with Crippen molar-refractivity contribution in [2.24, 2.45) is 5.92 Å². The lowest BCUT2D eigenvalue weighted by atomic mass is 9.85. The molecule has 9 heteroatoms. The summed E-state index contributed by atoms with van der Waals surface area (Å²) in [4.78, 5) is 11.9. The number of urea groups is 1. The molecular weight excluding hydrogens is 404 g/mol. The molecule has 7 nitrogen and oxygen atoms in total. The monoisotopic (exact) mass is 428 g/mol. The molecule has 154 valence electrons. The first kappa shape index (κ1) is 21.0. The molecule has 28 heavy (non-hydrogen) atoms. The van der Waals surface area contributed by atoms with Crippen LogP contribution in [0.25, 0.3) is 0 Å².